The number of anilines is 1. The van der Waals surface area contributed by atoms with Gasteiger partial charge in [0, 0.05) is 37.9 Å². The van der Waals surface area contributed by atoms with Gasteiger partial charge in [-0.05, 0) is 32.6 Å². The second-order valence-corrected chi connectivity index (χ2v) is 7.09. The lowest BCUT2D eigenvalue weighted by atomic mass is 9.89. The van der Waals surface area contributed by atoms with Gasteiger partial charge in [-0.15, -0.1) is 0 Å². The lowest BCUT2D eigenvalue weighted by Crippen LogP contribution is -2.51. The fraction of sp³-hybridized carbons (Fsp3) is 0.647. The predicted octanol–water partition coefficient (Wildman–Crippen LogP) is 1.10. The predicted molar refractivity (Wildman–Crippen MR) is 90.5 cm³/mol. The van der Waals surface area contributed by atoms with Gasteiger partial charge in [-0.25, -0.2) is 4.98 Å². The van der Waals surface area contributed by atoms with E-state index in [0.29, 0.717) is 50.1 Å². The Morgan fingerprint density at radius 2 is 2.28 bits per heavy atom. The van der Waals surface area contributed by atoms with E-state index in [1.165, 1.54) is 0 Å². The number of hydrogen-bond acceptors (Lipinski definition) is 7. The molecule has 2 aromatic rings. The van der Waals surface area contributed by atoms with Crippen molar-refractivity contribution >= 4 is 5.82 Å². The van der Waals surface area contributed by atoms with Crippen LogP contribution in [0.5, 0.6) is 0 Å². The molecule has 25 heavy (non-hydrogen) atoms. The molecule has 1 aliphatic carbocycles. The number of β-amino-alcohol motifs (C(OH)–C–C–N with tert-alkyl or cyclic N) is 1. The van der Waals surface area contributed by atoms with Crippen molar-refractivity contribution in [1.82, 2.24) is 19.7 Å². The maximum absolute atomic E-state index is 12.5. The van der Waals surface area contributed by atoms with Crippen LogP contribution in [-0.2, 0) is 13.0 Å². The SMILES string of the molecule is CCn1ccnc(N2CCCC(O)(Cc3nc(C4CC4)no3)C2)c1=O. The molecule has 2 aliphatic rings. The Balaban J connectivity index is 1.52. The maximum atomic E-state index is 12.5. The molecule has 0 aromatic carbocycles. The van der Waals surface area contributed by atoms with Gasteiger partial charge in [0.15, 0.2) is 11.6 Å². The van der Waals surface area contributed by atoms with Gasteiger partial charge >= 0.3 is 0 Å². The van der Waals surface area contributed by atoms with Crippen molar-refractivity contribution in [2.45, 2.75) is 57.1 Å². The standard InChI is InChI=1S/C17H23N5O3/c1-2-21-9-7-18-15(16(21)23)22-8-3-6-17(24,11-22)10-13-19-14(20-25-13)12-4-5-12/h7,9,12,24H,2-6,8,10-11H2,1H3. The summed E-state index contributed by atoms with van der Waals surface area (Å²) in [6, 6.07) is 0. The fourth-order valence-electron chi connectivity index (χ4n) is 3.47. The number of aliphatic hydroxyl groups is 1. The van der Waals surface area contributed by atoms with Crippen LogP contribution in [0.3, 0.4) is 0 Å². The smallest absolute Gasteiger partial charge is 0.293 e. The summed E-state index contributed by atoms with van der Waals surface area (Å²) in [5, 5.41) is 15.0. The molecule has 134 valence electrons. The zero-order chi connectivity index (χ0) is 17.4. The molecular weight excluding hydrogens is 322 g/mol. The molecule has 0 radical (unpaired) electrons. The normalized spacial score (nSPS) is 23.8. The average Bonchev–Trinajstić information content (AvgIpc) is 3.35. The summed E-state index contributed by atoms with van der Waals surface area (Å²) in [6.07, 6.45) is 7.26. The van der Waals surface area contributed by atoms with E-state index in [2.05, 4.69) is 15.1 Å². The molecule has 8 nitrogen and oxygen atoms in total. The summed E-state index contributed by atoms with van der Waals surface area (Å²) in [5.41, 5.74) is -1.12. The third kappa shape index (κ3) is 3.30. The van der Waals surface area contributed by atoms with Gasteiger partial charge in [-0.1, -0.05) is 5.16 Å². The third-order valence-corrected chi connectivity index (χ3v) is 5.00. The number of rotatable bonds is 5. The van der Waals surface area contributed by atoms with Crippen LogP contribution in [0.15, 0.2) is 21.7 Å². The Labute approximate surface area is 145 Å². The summed E-state index contributed by atoms with van der Waals surface area (Å²) >= 11 is 0. The van der Waals surface area contributed by atoms with Crippen LogP contribution in [-0.4, -0.2) is 43.5 Å². The zero-order valence-electron chi connectivity index (χ0n) is 14.4. The Morgan fingerprint density at radius 3 is 3.04 bits per heavy atom. The van der Waals surface area contributed by atoms with E-state index in [9.17, 15) is 9.90 Å². The summed E-state index contributed by atoms with van der Waals surface area (Å²) in [6.45, 7) is 3.56. The van der Waals surface area contributed by atoms with Crippen molar-refractivity contribution in [1.29, 1.82) is 0 Å². The molecule has 1 saturated heterocycles. The lowest BCUT2D eigenvalue weighted by Gasteiger charge is -2.38. The maximum Gasteiger partial charge on any atom is 0.293 e. The first-order valence-corrected chi connectivity index (χ1v) is 8.93. The largest absolute Gasteiger partial charge is 0.388 e. The van der Waals surface area contributed by atoms with E-state index >= 15 is 0 Å². The summed E-state index contributed by atoms with van der Waals surface area (Å²) in [4.78, 5) is 23.0. The lowest BCUT2D eigenvalue weighted by molar-refractivity contribution is 0.0191. The molecule has 2 aromatic heterocycles. The number of piperidine rings is 1. The summed E-state index contributed by atoms with van der Waals surface area (Å²) < 4.78 is 6.93. The number of aromatic nitrogens is 4. The second kappa shape index (κ2) is 6.25. The second-order valence-electron chi connectivity index (χ2n) is 7.09. The highest BCUT2D eigenvalue weighted by molar-refractivity contribution is 5.37. The van der Waals surface area contributed by atoms with E-state index in [-0.39, 0.29) is 5.56 Å². The fourth-order valence-corrected chi connectivity index (χ4v) is 3.47. The van der Waals surface area contributed by atoms with Gasteiger partial charge in [0.05, 0.1) is 12.0 Å². The van der Waals surface area contributed by atoms with Crippen LogP contribution in [0.2, 0.25) is 0 Å². The van der Waals surface area contributed by atoms with Crippen LogP contribution < -0.4 is 10.5 Å². The number of aryl methyl sites for hydroxylation is 1. The topological polar surface area (TPSA) is 97.3 Å². The van der Waals surface area contributed by atoms with Crippen molar-refractivity contribution in [3.8, 4) is 0 Å². The first-order valence-electron chi connectivity index (χ1n) is 8.93. The van der Waals surface area contributed by atoms with Crippen LogP contribution in [0.25, 0.3) is 0 Å². The van der Waals surface area contributed by atoms with Gasteiger partial charge < -0.3 is 19.1 Å². The highest BCUT2D eigenvalue weighted by atomic mass is 16.5. The van der Waals surface area contributed by atoms with Gasteiger partial charge in [-0.3, -0.25) is 4.79 Å². The molecule has 1 aliphatic heterocycles. The van der Waals surface area contributed by atoms with E-state index in [0.717, 1.165) is 25.1 Å². The Morgan fingerprint density at radius 1 is 1.44 bits per heavy atom. The molecule has 3 heterocycles. The highest BCUT2D eigenvalue weighted by Gasteiger charge is 2.37. The molecule has 0 amide bonds. The van der Waals surface area contributed by atoms with Gasteiger partial charge in [0.1, 0.15) is 0 Å². The van der Waals surface area contributed by atoms with Crippen LogP contribution in [0, 0.1) is 0 Å². The van der Waals surface area contributed by atoms with Crippen molar-refractivity contribution in [2.24, 2.45) is 0 Å². The van der Waals surface area contributed by atoms with Crippen LogP contribution in [0.1, 0.15) is 50.2 Å². The van der Waals surface area contributed by atoms with E-state index in [1.54, 1.807) is 17.0 Å². The van der Waals surface area contributed by atoms with Gasteiger partial charge in [0.25, 0.3) is 5.56 Å². The molecule has 1 N–H and O–H groups in total. The summed E-state index contributed by atoms with van der Waals surface area (Å²) in [7, 11) is 0. The minimum absolute atomic E-state index is 0.122. The minimum atomic E-state index is -0.993. The molecule has 1 unspecified atom stereocenters. The molecule has 4 rings (SSSR count). The molecule has 2 fully saturated rings. The quantitative estimate of drug-likeness (QED) is 0.866. The monoisotopic (exact) mass is 345 g/mol. The minimum Gasteiger partial charge on any atom is -0.388 e. The van der Waals surface area contributed by atoms with Crippen molar-refractivity contribution in [3.05, 3.63) is 34.5 Å². The van der Waals surface area contributed by atoms with Crippen LogP contribution >= 0.6 is 0 Å². The molecule has 8 heteroatoms. The van der Waals surface area contributed by atoms with Crippen molar-refractivity contribution in [3.63, 3.8) is 0 Å². The highest BCUT2D eigenvalue weighted by Crippen LogP contribution is 2.38. The Kier molecular flexibility index (Phi) is 4.07. The number of nitrogens with zero attached hydrogens (tertiary/aromatic N) is 5. The van der Waals surface area contributed by atoms with Gasteiger partial charge in [-0.2, -0.15) is 4.98 Å². The van der Waals surface area contributed by atoms with Crippen LogP contribution in [0.4, 0.5) is 5.82 Å². The Hall–Kier alpha value is -2.22. The van der Waals surface area contributed by atoms with E-state index in [4.69, 9.17) is 4.52 Å². The molecule has 0 spiro atoms. The molecule has 1 atom stereocenters. The summed E-state index contributed by atoms with van der Waals surface area (Å²) in [5.74, 6) is 2.04. The molecular formula is C17H23N5O3. The third-order valence-electron chi connectivity index (χ3n) is 5.00. The van der Waals surface area contributed by atoms with Gasteiger partial charge in [0.2, 0.25) is 5.89 Å². The average molecular weight is 345 g/mol. The molecule has 1 saturated carbocycles. The van der Waals surface area contributed by atoms with E-state index in [1.807, 2.05) is 11.8 Å². The first kappa shape index (κ1) is 16.3. The Bertz CT molecular complexity index is 813. The van der Waals surface area contributed by atoms with E-state index < -0.39 is 5.60 Å². The van der Waals surface area contributed by atoms with Crippen molar-refractivity contribution in [2.75, 3.05) is 18.0 Å². The zero-order valence-corrected chi connectivity index (χ0v) is 14.4. The van der Waals surface area contributed by atoms with Crippen molar-refractivity contribution < 1.29 is 9.63 Å². The molecule has 0 bridgehead atoms. The number of hydrogen-bond donors (Lipinski definition) is 1. The first-order chi connectivity index (χ1) is 12.1.